The van der Waals surface area contributed by atoms with Gasteiger partial charge in [-0.1, -0.05) is 11.8 Å². The SMILES string of the molecule is CCN(c1ccc(NC(=O)CSc2nc3sccc3c(=O)n2C)cc1)C(C)C. The highest BCUT2D eigenvalue weighted by Crippen LogP contribution is 2.22. The Morgan fingerprint density at radius 3 is 2.64 bits per heavy atom. The molecule has 0 radical (unpaired) electrons. The second-order valence-corrected chi connectivity index (χ2v) is 8.50. The van der Waals surface area contributed by atoms with Crippen molar-refractivity contribution in [3.63, 3.8) is 0 Å². The first kappa shape index (κ1) is 20.4. The fraction of sp³-hybridized carbons (Fsp3) is 0.350. The lowest BCUT2D eigenvalue weighted by Gasteiger charge is -2.27. The summed E-state index contributed by atoms with van der Waals surface area (Å²) in [6.07, 6.45) is 0. The van der Waals surface area contributed by atoms with E-state index in [0.717, 1.165) is 17.9 Å². The van der Waals surface area contributed by atoms with Gasteiger partial charge < -0.3 is 10.2 Å². The molecule has 28 heavy (non-hydrogen) atoms. The van der Waals surface area contributed by atoms with Gasteiger partial charge in [0.05, 0.1) is 11.1 Å². The van der Waals surface area contributed by atoms with Crippen LogP contribution in [0.2, 0.25) is 0 Å². The average molecular weight is 417 g/mol. The third-order valence-electron chi connectivity index (χ3n) is 4.44. The molecule has 6 nitrogen and oxygen atoms in total. The molecule has 1 N–H and O–H groups in total. The molecule has 2 heterocycles. The quantitative estimate of drug-likeness (QED) is 0.466. The molecule has 0 aliphatic heterocycles. The van der Waals surface area contributed by atoms with Crippen LogP contribution in [0, 0.1) is 0 Å². The van der Waals surface area contributed by atoms with Gasteiger partial charge in [0, 0.05) is 31.0 Å². The van der Waals surface area contributed by atoms with Gasteiger partial charge in [-0.05, 0) is 56.5 Å². The molecule has 148 valence electrons. The van der Waals surface area contributed by atoms with Crippen molar-refractivity contribution in [2.75, 3.05) is 22.5 Å². The first-order chi connectivity index (χ1) is 13.4. The summed E-state index contributed by atoms with van der Waals surface area (Å²) in [7, 11) is 1.68. The van der Waals surface area contributed by atoms with Crippen molar-refractivity contribution in [3.05, 3.63) is 46.1 Å². The van der Waals surface area contributed by atoms with Gasteiger partial charge in [0.25, 0.3) is 5.56 Å². The summed E-state index contributed by atoms with van der Waals surface area (Å²) >= 11 is 2.69. The van der Waals surface area contributed by atoms with E-state index in [4.69, 9.17) is 0 Å². The van der Waals surface area contributed by atoms with Gasteiger partial charge in [-0.15, -0.1) is 11.3 Å². The Labute approximate surface area is 172 Å². The van der Waals surface area contributed by atoms with E-state index in [9.17, 15) is 9.59 Å². The molecule has 0 saturated carbocycles. The maximum absolute atomic E-state index is 12.3. The molecule has 0 unspecified atom stereocenters. The smallest absolute Gasteiger partial charge is 0.262 e. The van der Waals surface area contributed by atoms with Crippen molar-refractivity contribution in [1.82, 2.24) is 9.55 Å². The predicted octanol–water partition coefficient (Wildman–Crippen LogP) is 3.96. The van der Waals surface area contributed by atoms with Gasteiger partial charge >= 0.3 is 0 Å². The maximum Gasteiger partial charge on any atom is 0.262 e. The normalized spacial score (nSPS) is 11.2. The van der Waals surface area contributed by atoms with Crippen molar-refractivity contribution in [2.24, 2.45) is 7.05 Å². The van der Waals surface area contributed by atoms with Crippen LogP contribution in [0.5, 0.6) is 0 Å². The second kappa shape index (κ2) is 8.79. The molecular formula is C20H24N4O2S2. The summed E-state index contributed by atoms with van der Waals surface area (Å²) in [5.74, 6) is 0.0564. The summed E-state index contributed by atoms with van der Waals surface area (Å²) in [6, 6.07) is 10.1. The predicted molar refractivity (Wildman–Crippen MR) is 119 cm³/mol. The number of benzene rings is 1. The molecule has 0 aliphatic rings. The number of nitrogens with zero attached hydrogens (tertiary/aromatic N) is 3. The van der Waals surface area contributed by atoms with Gasteiger partial charge in [0.1, 0.15) is 4.83 Å². The average Bonchev–Trinajstić information content (AvgIpc) is 3.14. The maximum atomic E-state index is 12.3. The summed E-state index contributed by atoms with van der Waals surface area (Å²) < 4.78 is 1.49. The Bertz CT molecular complexity index is 1020. The van der Waals surface area contributed by atoms with Crippen LogP contribution in [0.3, 0.4) is 0 Å². The lowest BCUT2D eigenvalue weighted by Crippen LogP contribution is -2.30. The number of fused-ring (bicyclic) bond motifs is 1. The first-order valence-electron chi connectivity index (χ1n) is 9.14. The third-order valence-corrected chi connectivity index (χ3v) is 6.28. The number of hydrogen-bond acceptors (Lipinski definition) is 6. The van der Waals surface area contributed by atoms with E-state index in [1.165, 1.54) is 27.7 Å². The minimum absolute atomic E-state index is 0.0876. The van der Waals surface area contributed by atoms with Crippen molar-refractivity contribution >= 4 is 50.6 Å². The molecule has 8 heteroatoms. The van der Waals surface area contributed by atoms with Gasteiger partial charge in [-0.2, -0.15) is 0 Å². The monoisotopic (exact) mass is 416 g/mol. The zero-order valence-electron chi connectivity index (χ0n) is 16.4. The van der Waals surface area contributed by atoms with Crippen molar-refractivity contribution in [3.8, 4) is 0 Å². The molecule has 3 rings (SSSR count). The second-order valence-electron chi connectivity index (χ2n) is 6.66. The van der Waals surface area contributed by atoms with Crippen molar-refractivity contribution in [2.45, 2.75) is 32.0 Å². The number of thioether (sulfide) groups is 1. The molecular weight excluding hydrogens is 392 g/mol. The van der Waals surface area contributed by atoms with E-state index in [2.05, 4.69) is 36.0 Å². The van der Waals surface area contributed by atoms with E-state index >= 15 is 0 Å². The summed E-state index contributed by atoms with van der Waals surface area (Å²) in [4.78, 5) is 32.1. The van der Waals surface area contributed by atoms with Crippen LogP contribution < -0.4 is 15.8 Å². The number of thiophene rings is 1. The summed E-state index contributed by atoms with van der Waals surface area (Å²) in [6.45, 7) is 7.37. The van der Waals surface area contributed by atoms with E-state index in [-0.39, 0.29) is 17.2 Å². The van der Waals surface area contributed by atoms with Crippen molar-refractivity contribution < 1.29 is 4.79 Å². The number of amides is 1. The summed E-state index contributed by atoms with van der Waals surface area (Å²) in [5, 5.41) is 5.91. The number of rotatable bonds is 7. The molecule has 1 amide bonds. The Balaban J connectivity index is 1.63. The zero-order chi connectivity index (χ0) is 20.3. The lowest BCUT2D eigenvalue weighted by atomic mass is 10.2. The van der Waals surface area contributed by atoms with Gasteiger partial charge in [0.2, 0.25) is 5.91 Å². The summed E-state index contributed by atoms with van der Waals surface area (Å²) in [5.41, 5.74) is 1.80. The minimum atomic E-state index is -0.130. The van der Waals surface area contributed by atoms with Gasteiger partial charge in [-0.3, -0.25) is 14.2 Å². The van der Waals surface area contributed by atoms with Crippen molar-refractivity contribution in [1.29, 1.82) is 0 Å². The molecule has 0 saturated heterocycles. The van der Waals surface area contributed by atoms with Crippen LogP contribution in [0.1, 0.15) is 20.8 Å². The Morgan fingerprint density at radius 2 is 2.00 bits per heavy atom. The number of anilines is 2. The molecule has 0 spiro atoms. The number of nitrogens with one attached hydrogen (secondary N) is 1. The van der Waals surface area contributed by atoms with E-state index in [1.54, 1.807) is 13.1 Å². The van der Waals surface area contributed by atoms with E-state index < -0.39 is 0 Å². The number of hydrogen-bond donors (Lipinski definition) is 1. The lowest BCUT2D eigenvalue weighted by molar-refractivity contribution is -0.113. The van der Waals surface area contributed by atoms with Gasteiger partial charge in [-0.25, -0.2) is 4.98 Å². The fourth-order valence-corrected chi connectivity index (χ4v) is 4.60. The van der Waals surface area contributed by atoms with Gasteiger partial charge in [0.15, 0.2) is 5.16 Å². The van der Waals surface area contributed by atoms with Crippen LogP contribution >= 0.6 is 23.1 Å². The highest BCUT2D eigenvalue weighted by molar-refractivity contribution is 7.99. The number of carbonyl (C=O) groups excluding carboxylic acids is 1. The van der Waals surface area contributed by atoms with Crippen LogP contribution in [0.25, 0.3) is 10.2 Å². The Morgan fingerprint density at radius 1 is 1.29 bits per heavy atom. The topological polar surface area (TPSA) is 67.2 Å². The van der Waals surface area contributed by atoms with Crippen LogP contribution in [-0.4, -0.2) is 33.8 Å². The van der Waals surface area contributed by atoms with E-state index in [0.29, 0.717) is 21.4 Å². The highest BCUT2D eigenvalue weighted by atomic mass is 32.2. The third kappa shape index (κ3) is 4.39. The number of carbonyl (C=O) groups is 1. The Kier molecular flexibility index (Phi) is 6.41. The highest BCUT2D eigenvalue weighted by Gasteiger charge is 2.12. The minimum Gasteiger partial charge on any atom is -0.369 e. The molecule has 0 fully saturated rings. The fourth-order valence-electron chi connectivity index (χ4n) is 3.02. The molecule has 0 atom stereocenters. The number of aromatic nitrogens is 2. The molecule has 2 aromatic heterocycles. The van der Waals surface area contributed by atoms with Crippen LogP contribution in [0.4, 0.5) is 11.4 Å². The van der Waals surface area contributed by atoms with Crippen LogP contribution in [0.15, 0.2) is 45.7 Å². The van der Waals surface area contributed by atoms with E-state index in [1.807, 2.05) is 29.6 Å². The zero-order valence-corrected chi connectivity index (χ0v) is 18.1. The standard InChI is InChI=1S/C20H24N4O2S2/c1-5-24(13(2)3)15-8-6-14(7-9-15)21-17(25)12-28-20-22-18-16(10-11-27-18)19(26)23(20)4/h6-11,13H,5,12H2,1-4H3,(H,21,25). The molecule has 0 bridgehead atoms. The largest absolute Gasteiger partial charge is 0.369 e. The Hall–Kier alpha value is -2.32. The van der Waals surface area contributed by atoms with Crippen LogP contribution in [-0.2, 0) is 11.8 Å². The molecule has 0 aliphatic carbocycles. The molecule has 1 aromatic carbocycles. The first-order valence-corrected chi connectivity index (χ1v) is 11.0. The molecule has 3 aromatic rings.